The van der Waals surface area contributed by atoms with Crippen LogP contribution in [0.15, 0.2) is 0 Å². The topological polar surface area (TPSA) is 80.3 Å². The second-order valence-corrected chi connectivity index (χ2v) is 6.82. The van der Waals surface area contributed by atoms with Gasteiger partial charge in [-0.2, -0.15) is 18.8 Å². The van der Waals surface area contributed by atoms with Crippen molar-refractivity contribution in [2.75, 3.05) is 0 Å². The summed E-state index contributed by atoms with van der Waals surface area (Å²) in [4.78, 5) is 18.6. The number of carboxylic acids is 2. The zero-order chi connectivity index (χ0) is 17.6. The van der Waals surface area contributed by atoms with E-state index in [0.29, 0.717) is 5.41 Å². The van der Waals surface area contributed by atoms with Crippen molar-refractivity contribution in [2.24, 2.45) is 5.41 Å². The number of hydrogen-bond donors (Lipinski definition) is 0. The average molecular weight is 366 g/mol. The van der Waals surface area contributed by atoms with Crippen LogP contribution in [0.25, 0.3) is 0 Å². The molecule has 0 radical (unpaired) electrons. The summed E-state index contributed by atoms with van der Waals surface area (Å²) in [5.74, 6) is -1.59. The second kappa shape index (κ2) is 23.6. The summed E-state index contributed by atoms with van der Waals surface area (Å²) in [6, 6.07) is 0. The molecule has 0 aromatic rings. The number of unbranched alkanes of at least 4 members (excludes halogenated alkanes) is 6. The van der Waals surface area contributed by atoms with Crippen LogP contribution in [0.5, 0.6) is 0 Å². The molecule has 7 heteroatoms. The van der Waals surface area contributed by atoms with Crippen LogP contribution in [0.3, 0.4) is 0 Å². The Balaban J connectivity index is -0.000000116. The molecule has 0 aliphatic heterocycles. The Kier molecular flexibility index (Phi) is 35.2. The second-order valence-electron chi connectivity index (χ2n) is 6.82. The van der Waals surface area contributed by atoms with Crippen molar-refractivity contribution in [3.63, 3.8) is 0 Å². The van der Waals surface area contributed by atoms with E-state index in [1.807, 2.05) is 0 Å². The summed E-state index contributed by atoms with van der Waals surface area (Å²) in [7, 11) is 0. The van der Waals surface area contributed by atoms with E-state index in [0.717, 1.165) is 0 Å². The fourth-order valence-electron chi connectivity index (χ4n) is 1.84. The molecule has 4 nitrogen and oxygen atoms in total. The number of aliphatic carboxylic acids is 2. The van der Waals surface area contributed by atoms with Gasteiger partial charge in [0.05, 0.1) is 0 Å². The van der Waals surface area contributed by atoms with Crippen molar-refractivity contribution in [2.45, 2.75) is 92.4 Å². The third-order valence-corrected chi connectivity index (χ3v) is 3.72. The molecule has 0 aromatic heterocycles. The van der Waals surface area contributed by atoms with E-state index in [1.165, 1.54) is 51.4 Å². The molecule has 0 amide bonds. The average Bonchev–Trinajstić information content (AvgIpc) is 2.35. The van der Waals surface area contributed by atoms with Gasteiger partial charge >= 0.3 is 78.0 Å². The molecule has 0 aromatic carbocycles. The van der Waals surface area contributed by atoms with Crippen molar-refractivity contribution in [3.05, 3.63) is 5.92 Å². The summed E-state index contributed by atoms with van der Waals surface area (Å²) < 4.78 is 0. The smallest absolute Gasteiger partial charge is 0.550 e. The maximum Gasteiger partial charge on any atom is 1.00 e. The van der Waals surface area contributed by atoms with E-state index in [1.54, 1.807) is 5.92 Å². The molecule has 0 N–H and O–H groups in total. The van der Waals surface area contributed by atoms with Crippen LogP contribution in [0.2, 0.25) is 0 Å². The fourth-order valence-corrected chi connectivity index (χ4v) is 1.84. The van der Waals surface area contributed by atoms with E-state index in [9.17, 15) is 19.8 Å². The van der Waals surface area contributed by atoms with Crippen LogP contribution in [0, 0.1) is 11.3 Å². The SMILES string of the molecule is CCCCCCCCC[C-](C)C(C)(C)C.O=C([O-])CC(=O)[O-].[Li+].[Na+].[Na+]. The van der Waals surface area contributed by atoms with E-state index < -0.39 is 18.4 Å². The van der Waals surface area contributed by atoms with Gasteiger partial charge in [0.25, 0.3) is 0 Å². The van der Waals surface area contributed by atoms with Crippen LogP contribution < -0.4 is 88.2 Å². The number of hydrogen-bond acceptors (Lipinski definition) is 4. The normalized spacial score (nSPS) is 9.68. The van der Waals surface area contributed by atoms with Gasteiger partial charge in [-0.25, -0.2) is 0 Å². The van der Waals surface area contributed by atoms with Crippen molar-refractivity contribution in [3.8, 4) is 0 Å². The molecule has 0 spiro atoms. The van der Waals surface area contributed by atoms with E-state index in [-0.39, 0.29) is 78.0 Å². The van der Waals surface area contributed by atoms with Gasteiger partial charge in [0.15, 0.2) is 0 Å². The third kappa shape index (κ3) is 33.5. The number of carbonyl (C=O) groups excluding carboxylic acids is 2. The summed E-state index contributed by atoms with van der Waals surface area (Å²) in [6.07, 6.45) is 10.2. The molecular weight excluding hydrogens is 333 g/mol. The Labute approximate surface area is 211 Å². The van der Waals surface area contributed by atoms with Crippen molar-refractivity contribution >= 4 is 11.9 Å². The third-order valence-electron chi connectivity index (χ3n) is 3.72. The van der Waals surface area contributed by atoms with Gasteiger partial charge in [0, 0.05) is 18.4 Å². The summed E-state index contributed by atoms with van der Waals surface area (Å²) in [5, 5.41) is 18.6. The van der Waals surface area contributed by atoms with E-state index >= 15 is 0 Å². The van der Waals surface area contributed by atoms with Gasteiger partial charge in [-0.3, -0.25) is 0 Å². The summed E-state index contributed by atoms with van der Waals surface area (Å²) in [6.45, 7) is 11.6. The minimum absolute atomic E-state index is 0. The van der Waals surface area contributed by atoms with E-state index in [2.05, 4.69) is 34.6 Å². The Hall–Kier alpha value is 1.54. The molecule has 25 heavy (non-hydrogen) atoms. The first-order valence-electron chi connectivity index (χ1n) is 8.33. The largest absolute Gasteiger partial charge is 1.00 e. The van der Waals surface area contributed by atoms with Crippen LogP contribution in [0.4, 0.5) is 0 Å². The monoisotopic (exact) mass is 366 g/mol. The Morgan fingerprint density at radius 3 is 1.48 bits per heavy atom. The zero-order valence-corrected chi connectivity index (χ0v) is 22.0. The van der Waals surface area contributed by atoms with Crippen molar-refractivity contribution < 1.29 is 97.8 Å². The summed E-state index contributed by atoms with van der Waals surface area (Å²) >= 11 is 0. The minimum atomic E-state index is -1.63. The summed E-state index contributed by atoms with van der Waals surface area (Å²) in [5.41, 5.74) is 0.419. The van der Waals surface area contributed by atoms with Crippen LogP contribution in [0.1, 0.15) is 92.4 Å². The molecule has 0 saturated heterocycles. The number of rotatable bonds is 10. The first-order valence-corrected chi connectivity index (χ1v) is 8.33. The van der Waals surface area contributed by atoms with Gasteiger partial charge in [0.2, 0.25) is 0 Å². The standard InChI is InChI=1S/C15H31.C3H4O4.Li.2Na/c1-6-7-8-9-10-11-12-13-14(2)15(3,4)5;4-2(5)1-3(6)7;;;/h6-13H2,1-5H3;1H2,(H,4,5)(H,6,7);;;/q-1;;3*+1/p-2. The predicted octanol–water partition coefficient (Wildman–Crippen LogP) is -6.34. The van der Waals surface area contributed by atoms with Crippen LogP contribution >= 0.6 is 0 Å². The van der Waals surface area contributed by atoms with Crippen LogP contribution in [-0.4, -0.2) is 11.9 Å². The van der Waals surface area contributed by atoms with Crippen molar-refractivity contribution in [1.29, 1.82) is 0 Å². The molecule has 132 valence electrons. The molecular formula is C18H33LiNa2O4. The molecule has 0 atom stereocenters. The maximum absolute atomic E-state index is 9.28. The number of carbonyl (C=O) groups is 2. The molecule has 0 saturated carbocycles. The Morgan fingerprint density at radius 2 is 1.20 bits per heavy atom. The Bertz CT molecular complexity index is 296. The molecule has 0 aliphatic rings. The molecule has 0 fully saturated rings. The molecule has 0 bridgehead atoms. The van der Waals surface area contributed by atoms with Gasteiger partial charge in [0.1, 0.15) is 0 Å². The maximum atomic E-state index is 9.28. The van der Waals surface area contributed by atoms with Gasteiger partial charge in [-0.15, -0.1) is 0 Å². The molecule has 0 rings (SSSR count). The van der Waals surface area contributed by atoms with Crippen LogP contribution in [-0.2, 0) is 9.59 Å². The fraction of sp³-hybridized carbons (Fsp3) is 0.833. The molecule has 0 unspecified atom stereocenters. The Morgan fingerprint density at radius 1 is 0.840 bits per heavy atom. The number of carboxylic acid groups (broad SMARTS) is 2. The molecule has 0 aliphatic carbocycles. The first kappa shape index (κ1) is 37.3. The zero-order valence-electron chi connectivity index (χ0n) is 18.0. The minimum Gasteiger partial charge on any atom is -0.550 e. The van der Waals surface area contributed by atoms with Gasteiger partial charge in [-0.1, -0.05) is 72.6 Å². The first-order chi connectivity index (χ1) is 10.1. The van der Waals surface area contributed by atoms with E-state index in [4.69, 9.17) is 0 Å². The molecule has 0 heterocycles. The van der Waals surface area contributed by atoms with Crippen molar-refractivity contribution in [1.82, 2.24) is 0 Å². The van der Waals surface area contributed by atoms with Gasteiger partial charge < -0.3 is 25.7 Å². The quantitative estimate of drug-likeness (QED) is 0.167. The predicted molar refractivity (Wildman–Crippen MR) is 85.6 cm³/mol. The van der Waals surface area contributed by atoms with Gasteiger partial charge in [-0.05, 0) is 0 Å².